The number of rotatable bonds is 5. The molecule has 1 saturated heterocycles. The predicted octanol–water partition coefficient (Wildman–Crippen LogP) is 4.68. The zero-order valence-electron chi connectivity index (χ0n) is 17.5. The van der Waals surface area contributed by atoms with Crippen LogP contribution in [0.25, 0.3) is 10.9 Å². The summed E-state index contributed by atoms with van der Waals surface area (Å²) in [5.74, 6) is -0.791. The fourth-order valence-corrected chi connectivity index (χ4v) is 4.23. The Morgan fingerprint density at radius 2 is 1.82 bits per heavy atom. The van der Waals surface area contributed by atoms with Gasteiger partial charge < -0.3 is 15.0 Å². The number of hydrogen-bond donors (Lipinski definition) is 1. The molecule has 0 unspecified atom stereocenters. The van der Waals surface area contributed by atoms with Crippen molar-refractivity contribution in [2.45, 2.75) is 31.3 Å². The molecule has 1 aliphatic carbocycles. The Bertz CT molecular complexity index is 1260. The quantitative estimate of drug-likeness (QED) is 0.565. The molecule has 7 nitrogen and oxygen atoms in total. The number of halogens is 3. The molecule has 1 aliphatic heterocycles. The van der Waals surface area contributed by atoms with Crippen LogP contribution in [0.4, 0.5) is 29.3 Å². The van der Waals surface area contributed by atoms with Gasteiger partial charge >= 0.3 is 12.4 Å². The van der Waals surface area contributed by atoms with Crippen molar-refractivity contribution in [3.63, 3.8) is 0 Å². The monoisotopic (exact) mass is 456 g/mol. The summed E-state index contributed by atoms with van der Waals surface area (Å²) < 4.78 is 41.2. The lowest BCUT2D eigenvalue weighted by atomic mass is 10.1. The van der Waals surface area contributed by atoms with Gasteiger partial charge in [0.2, 0.25) is 0 Å². The van der Waals surface area contributed by atoms with Gasteiger partial charge in [-0.05, 0) is 60.9 Å². The lowest BCUT2D eigenvalue weighted by Gasteiger charge is -2.22. The molecule has 0 atom stereocenters. The minimum Gasteiger partial charge on any atom is -0.406 e. The first-order chi connectivity index (χ1) is 15.7. The first kappa shape index (κ1) is 21.0. The number of nitrogens with zero attached hydrogens (tertiary/aromatic N) is 3. The van der Waals surface area contributed by atoms with E-state index in [9.17, 15) is 22.8 Å². The third-order valence-electron chi connectivity index (χ3n) is 6.04. The van der Waals surface area contributed by atoms with E-state index in [2.05, 4.69) is 15.0 Å². The van der Waals surface area contributed by atoms with Crippen molar-refractivity contribution in [2.24, 2.45) is 0 Å². The van der Waals surface area contributed by atoms with Crippen LogP contribution in [0.15, 0.2) is 54.7 Å². The van der Waals surface area contributed by atoms with Crippen LogP contribution in [-0.2, 0) is 11.3 Å². The van der Waals surface area contributed by atoms with Crippen LogP contribution < -0.4 is 15.0 Å². The molecule has 0 bridgehead atoms. The fourth-order valence-electron chi connectivity index (χ4n) is 4.23. The number of anilines is 2. The first-order valence-corrected chi connectivity index (χ1v) is 10.3. The van der Waals surface area contributed by atoms with Gasteiger partial charge in [-0.25, -0.2) is 9.69 Å². The minimum atomic E-state index is -4.82. The van der Waals surface area contributed by atoms with E-state index in [1.54, 1.807) is 11.1 Å². The summed E-state index contributed by atoms with van der Waals surface area (Å²) in [5, 5.41) is 3.94. The predicted molar refractivity (Wildman–Crippen MR) is 115 cm³/mol. The van der Waals surface area contributed by atoms with Crippen molar-refractivity contribution in [1.82, 2.24) is 9.88 Å². The Morgan fingerprint density at radius 1 is 1.09 bits per heavy atom. The van der Waals surface area contributed by atoms with E-state index in [4.69, 9.17) is 0 Å². The number of nitrogens with one attached hydrogen (secondary N) is 1. The van der Waals surface area contributed by atoms with Crippen molar-refractivity contribution in [1.29, 1.82) is 0 Å². The smallest absolute Gasteiger partial charge is 0.406 e. The molecular formula is C23H19F3N4O3. The first-order valence-electron chi connectivity index (χ1n) is 10.3. The zero-order valence-corrected chi connectivity index (χ0v) is 17.5. The van der Waals surface area contributed by atoms with Gasteiger partial charge in [0.1, 0.15) is 11.3 Å². The lowest BCUT2D eigenvalue weighted by Crippen LogP contribution is -2.36. The SMILES string of the molecule is CNc1ccc2c(CN3C(=O)N(c4ccc(OC(F)(F)F)cc4)C(=O)C34CC4)ccnc2c1. The number of ether oxygens (including phenoxy) is 1. The molecule has 1 aromatic heterocycles. The molecule has 2 aliphatic rings. The highest BCUT2D eigenvalue weighted by Crippen LogP contribution is 2.50. The summed E-state index contributed by atoms with van der Waals surface area (Å²) in [6.45, 7) is 0.217. The number of pyridine rings is 1. The third kappa shape index (κ3) is 3.61. The highest BCUT2D eigenvalue weighted by atomic mass is 19.4. The van der Waals surface area contributed by atoms with E-state index in [-0.39, 0.29) is 18.1 Å². The number of imide groups is 1. The number of aromatic nitrogens is 1. The summed E-state index contributed by atoms with van der Waals surface area (Å²) in [4.78, 5) is 33.5. The molecule has 33 heavy (non-hydrogen) atoms. The maximum absolute atomic E-state index is 13.3. The van der Waals surface area contributed by atoms with Crippen molar-refractivity contribution >= 4 is 34.2 Å². The van der Waals surface area contributed by atoms with Gasteiger partial charge in [-0.2, -0.15) is 0 Å². The zero-order chi connectivity index (χ0) is 23.4. The molecule has 3 aromatic rings. The largest absolute Gasteiger partial charge is 0.573 e. The second-order valence-electron chi connectivity index (χ2n) is 8.03. The second kappa shape index (κ2) is 7.36. The fraction of sp³-hybridized carbons (Fsp3) is 0.261. The average Bonchev–Trinajstić information content (AvgIpc) is 3.55. The molecule has 2 aromatic carbocycles. The van der Waals surface area contributed by atoms with Crippen LogP contribution in [0.1, 0.15) is 18.4 Å². The number of alkyl halides is 3. The Morgan fingerprint density at radius 3 is 2.45 bits per heavy atom. The van der Waals surface area contributed by atoms with E-state index in [0.29, 0.717) is 12.8 Å². The normalized spacial score (nSPS) is 17.2. The molecule has 10 heteroatoms. The Kier molecular flexibility index (Phi) is 4.70. The summed E-state index contributed by atoms with van der Waals surface area (Å²) in [7, 11) is 1.81. The molecule has 2 heterocycles. The van der Waals surface area contributed by atoms with Gasteiger partial charge in [0.25, 0.3) is 5.91 Å². The van der Waals surface area contributed by atoms with Gasteiger partial charge in [-0.3, -0.25) is 9.78 Å². The van der Waals surface area contributed by atoms with E-state index in [1.165, 1.54) is 12.1 Å². The number of benzene rings is 2. The lowest BCUT2D eigenvalue weighted by molar-refractivity contribution is -0.274. The van der Waals surface area contributed by atoms with Crippen molar-refractivity contribution in [3.05, 3.63) is 60.3 Å². The number of hydrogen-bond acceptors (Lipinski definition) is 5. The van der Waals surface area contributed by atoms with E-state index >= 15 is 0 Å². The van der Waals surface area contributed by atoms with Gasteiger partial charge in [-0.1, -0.05) is 6.07 Å². The van der Waals surface area contributed by atoms with E-state index in [0.717, 1.165) is 39.2 Å². The molecule has 1 saturated carbocycles. The molecule has 5 rings (SSSR count). The highest BCUT2D eigenvalue weighted by Gasteiger charge is 2.65. The van der Waals surface area contributed by atoms with Gasteiger partial charge in [0.05, 0.1) is 11.2 Å². The van der Waals surface area contributed by atoms with E-state index < -0.39 is 23.7 Å². The van der Waals surface area contributed by atoms with E-state index in [1.807, 2.05) is 31.3 Å². The van der Waals surface area contributed by atoms with Crippen molar-refractivity contribution in [2.75, 3.05) is 17.3 Å². The minimum absolute atomic E-state index is 0.201. The number of fused-ring (bicyclic) bond motifs is 1. The molecular weight excluding hydrogens is 437 g/mol. The third-order valence-corrected chi connectivity index (χ3v) is 6.04. The maximum Gasteiger partial charge on any atom is 0.573 e. The second-order valence-corrected chi connectivity index (χ2v) is 8.03. The van der Waals surface area contributed by atoms with Crippen molar-refractivity contribution < 1.29 is 27.5 Å². The maximum atomic E-state index is 13.3. The molecule has 2 fully saturated rings. The average molecular weight is 456 g/mol. The summed E-state index contributed by atoms with van der Waals surface area (Å²) >= 11 is 0. The molecule has 0 radical (unpaired) electrons. The topological polar surface area (TPSA) is 74.8 Å². The van der Waals surface area contributed by atoms with Crippen LogP contribution in [0.2, 0.25) is 0 Å². The number of carbonyl (C=O) groups is 2. The van der Waals surface area contributed by atoms with Crippen LogP contribution in [0, 0.1) is 0 Å². The van der Waals surface area contributed by atoms with Gasteiger partial charge in [-0.15, -0.1) is 13.2 Å². The Hall–Kier alpha value is -3.82. The number of amides is 3. The summed E-state index contributed by atoms with van der Waals surface area (Å²) in [6.07, 6.45) is -2.08. The van der Waals surface area contributed by atoms with Gasteiger partial charge in [0, 0.05) is 30.9 Å². The molecule has 1 N–H and O–H groups in total. The van der Waals surface area contributed by atoms with Crippen LogP contribution in [0.5, 0.6) is 5.75 Å². The standard InChI is InChI=1S/C23H19F3N4O3/c1-27-15-2-7-18-14(8-11-28-19(18)12-15)13-29-21(32)30(20(31)22(29)9-10-22)16-3-5-17(6-4-16)33-23(24,25)26/h2-8,11-12,27H,9-10,13H2,1H3. The molecule has 1 spiro atoms. The highest BCUT2D eigenvalue weighted by molar-refractivity contribution is 6.24. The van der Waals surface area contributed by atoms with Crippen molar-refractivity contribution in [3.8, 4) is 5.75 Å². The van der Waals surface area contributed by atoms with Gasteiger partial charge in [0.15, 0.2) is 0 Å². The number of urea groups is 1. The summed E-state index contributed by atoms with van der Waals surface area (Å²) in [5.41, 5.74) is 1.80. The molecule has 3 amide bonds. The Labute approximate surface area is 186 Å². The van der Waals surface area contributed by atoms with Crippen LogP contribution in [-0.4, -0.2) is 40.8 Å². The van der Waals surface area contributed by atoms with Crippen LogP contribution in [0.3, 0.4) is 0 Å². The Balaban J connectivity index is 1.44. The number of carbonyl (C=O) groups excluding carboxylic acids is 2. The molecule has 170 valence electrons. The van der Waals surface area contributed by atoms with Crippen LogP contribution >= 0.6 is 0 Å². The summed E-state index contributed by atoms with van der Waals surface area (Å²) in [6, 6.07) is 11.8.